The molecule has 0 saturated carbocycles. The first-order valence-corrected chi connectivity index (χ1v) is 27.4. The first-order valence-electron chi connectivity index (χ1n) is 27.4. The maximum Gasteiger partial charge on any atom is 0.256 e. The molecule has 0 N–H and O–H groups in total. The number of para-hydroxylation sites is 3. The molecule has 9 aromatic rings. The maximum atomic E-state index is 7.51. The Balaban J connectivity index is 1.06. The molecule has 14 rings (SSSR count). The molecule has 0 aromatic heterocycles. The van der Waals surface area contributed by atoms with Crippen LogP contribution in [0, 0.1) is 0 Å². The summed E-state index contributed by atoms with van der Waals surface area (Å²) in [6, 6.07) is 62.5. The van der Waals surface area contributed by atoms with Crippen LogP contribution in [-0.2, 0) is 27.1 Å². The Morgan fingerprint density at radius 3 is 1.42 bits per heavy atom. The molecule has 0 fully saturated rings. The Morgan fingerprint density at radius 2 is 0.818 bits per heavy atom. The van der Waals surface area contributed by atoms with Gasteiger partial charge in [0, 0.05) is 72.6 Å². The summed E-state index contributed by atoms with van der Waals surface area (Å²) >= 11 is 0. The van der Waals surface area contributed by atoms with Crippen molar-refractivity contribution in [2.24, 2.45) is 0 Å². The van der Waals surface area contributed by atoms with Gasteiger partial charge < -0.3 is 23.8 Å². The molecular weight excluding hydrogens is 942 g/mol. The molecule has 5 heterocycles. The molecule has 5 aliphatic heterocycles. The van der Waals surface area contributed by atoms with E-state index in [1.165, 1.54) is 27.7 Å². The van der Waals surface area contributed by atoms with Crippen LogP contribution >= 0.6 is 0 Å². The fourth-order valence-electron chi connectivity index (χ4n) is 13.3. The lowest BCUT2D eigenvalue weighted by atomic mass is 9.33. The number of hydrogen-bond acceptors (Lipinski definition) is 5. The minimum absolute atomic E-state index is 0.00100. The normalized spacial score (nSPS) is 16.2. The van der Waals surface area contributed by atoms with Crippen molar-refractivity contribution in [3.63, 3.8) is 0 Å². The van der Waals surface area contributed by atoms with E-state index in [0.29, 0.717) is 0 Å². The minimum atomic E-state index is -0.365. The van der Waals surface area contributed by atoms with Gasteiger partial charge in [0.15, 0.2) is 0 Å². The molecule has 0 amide bonds. The Morgan fingerprint density at radius 1 is 0.338 bits per heavy atom. The van der Waals surface area contributed by atoms with Crippen LogP contribution in [0.2, 0.25) is 0 Å². The highest BCUT2D eigenvalue weighted by Crippen LogP contribution is 2.55. The van der Waals surface area contributed by atoms with E-state index < -0.39 is 0 Å². The summed E-state index contributed by atoms with van der Waals surface area (Å²) in [5.41, 5.74) is 19.3. The van der Waals surface area contributed by atoms with Gasteiger partial charge in [0.25, 0.3) is 6.71 Å². The van der Waals surface area contributed by atoms with Crippen molar-refractivity contribution in [2.45, 2.75) is 110 Å². The molecule has 0 aliphatic carbocycles. The van der Waals surface area contributed by atoms with Crippen molar-refractivity contribution in [1.29, 1.82) is 0 Å². The molecule has 0 unspecified atom stereocenters. The van der Waals surface area contributed by atoms with Crippen molar-refractivity contribution in [2.75, 3.05) is 4.90 Å². The molecule has 77 heavy (non-hydrogen) atoms. The van der Waals surface area contributed by atoms with Crippen LogP contribution in [0.3, 0.4) is 0 Å². The molecule has 0 spiro atoms. The van der Waals surface area contributed by atoms with Crippen LogP contribution in [0.25, 0.3) is 22.3 Å². The van der Waals surface area contributed by atoms with E-state index in [-0.39, 0.29) is 33.8 Å². The average molecular weight is 1010 g/mol. The quantitative estimate of drug-likeness (QED) is 0.165. The summed E-state index contributed by atoms with van der Waals surface area (Å²) in [5.74, 6) is 6.90. The summed E-state index contributed by atoms with van der Waals surface area (Å²) in [5, 5.41) is 0. The minimum Gasteiger partial charge on any atom is -0.458 e. The van der Waals surface area contributed by atoms with Crippen LogP contribution in [0.5, 0.6) is 46.0 Å². The molecule has 0 saturated heterocycles. The van der Waals surface area contributed by atoms with Gasteiger partial charge in [-0.25, -0.2) is 0 Å². The van der Waals surface area contributed by atoms with E-state index in [0.717, 1.165) is 118 Å². The van der Waals surface area contributed by atoms with Crippen LogP contribution in [-0.4, -0.2) is 6.71 Å². The third kappa shape index (κ3) is 7.06. The predicted octanol–water partition coefficient (Wildman–Crippen LogP) is 17.3. The topological polar surface area (TPSA) is 40.2 Å². The molecule has 5 nitrogen and oxygen atoms in total. The summed E-state index contributed by atoms with van der Waals surface area (Å²) < 4.78 is 28.4. The van der Waals surface area contributed by atoms with E-state index in [9.17, 15) is 0 Å². The number of fused-ring (bicyclic) bond motifs is 10. The van der Waals surface area contributed by atoms with Gasteiger partial charge in [0.1, 0.15) is 46.0 Å². The molecule has 0 atom stereocenters. The SMILES string of the molecule is CC(C)(C)c1ccc(-c2cc(C(C)(C)C)ccc2N2c3cc4c(cc3B3c5cc6c(cc5Oc5cc(-c7ccc8c(c7)Oc7ccccc7C8(C)C)cc2c53)C(C)(C)c2ccccc2O6)C(C)(C)c2ccccc2O4)cc1. The maximum absolute atomic E-state index is 7.51. The summed E-state index contributed by atoms with van der Waals surface area (Å²) in [7, 11) is 0. The molecule has 380 valence electrons. The fraction of sp³-hybridized carbons (Fsp3) is 0.239. The summed E-state index contributed by atoms with van der Waals surface area (Å²) in [4.78, 5) is 2.52. The van der Waals surface area contributed by atoms with Crippen molar-refractivity contribution >= 4 is 40.2 Å². The smallest absolute Gasteiger partial charge is 0.256 e. The van der Waals surface area contributed by atoms with E-state index in [1.807, 2.05) is 0 Å². The first kappa shape index (κ1) is 47.5. The van der Waals surface area contributed by atoms with Gasteiger partial charge in [-0.2, -0.15) is 0 Å². The zero-order valence-electron chi connectivity index (χ0n) is 46.3. The largest absolute Gasteiger partial charge is 0.458 e. The first-order chi connectivity index (χ1) is 36.7. The van der Waals surface area contributed by atoms with Gasteiger partial charge in [0.05, 0.1) is 5.69 Å². The second-order valence-corrected chi connectivity index (χ2v) is 25.8. The van der Waals surface area contributed by atoms with Gasteiger partial charge in [-0.1, -0.05) is 186 Å². The lowest BCUT2D eigenvalue weighted by Gasteiger charge is -2.44. The van der Waals surface area contributed by atoms with Crippen LogP contribution < -0.4 is 40.2 Å². The second-order valence-electron chi connectivity index (χ2n) is 25.8. The third-order valence-corrected chi connectivity index (χ3v) is 17.8. The Hall–Kier alpha value is -7.96. The van der Waals surface area contributed by atoms with E-state index in [2.05, 4.69) is 258 Å². The number of hydrogen-bond donors (Lipinski definition) is 0. The highest BCUT2D eigenvalue weighted by molar-refractivity contribution is 6.99. The lowest BCUT2D eigenvalue weighted by molar-refractivity contribution is 0.414. The Kier molecular flexibility index (Phi) is 9.90. The number of nitrogens with zero attached hydrogens (tertiary/aromatic N) is 1. The van der Waals surface area contributed by atoms with Crippen molar-refractivity contribution in [3.8, 4) is 68.2 Å². The van der Waals surface area contributed by atoms with Gasteiger partial charge in [-0.3, -0.25) is 0 Å². The highest BCUT2D eigenvalue weighted by Gasteiger charge is 2.47. The number of rotatable bonds is 3. The number of ether oxygens (including phenoxy) is 4. The average Bonchev–Trinajstić information content (AvgIpc) is 3.60. The molecule has 9 aromatic carbocycles. The van der Waals surface area contributed by atoms with E-state index in [4.69, 9.17) is 18.9 Å². The van der Waals surface area contributed by atoms with E-state index in [1.54, 1.807) is 0 Å². The molecular formula is C71H64BNO4. The number of benzene rings is 9. The summed E-state index contributed by atoms with van der Waals surface area (Å²) in [6.45, 7) is 27.4. The van der Waals surface area contributed by atoms with Gasteiger partial charge in [-0.05, 0) is 116 Å². The molecule has 0 bridgehead atoms. The molecule has 0 radical (unpaired) electrons. The molecule has 6 heteroatoms. The van der Waals surface area contributed by atoms with E-state index >= 15 is 0 Å². The second kappa shape index (κ2) is 16.1. The number of anilines is 3. The lowest BCUT2D eigenvalue weighted by Crippen LogP contribution is -2.60. The van der Waals surface area contributed by atoms with Crippen LogP contribution in [0.4, 0.5) is 17.1 Å². The Bertz CT molecular complexity index is 4000. The zero-order chi connectivity index (χ0) is 53.3. The van der Waals surface area contributed by atoms with Crippen LogP contribution in [0.1, 0.15) is 128 Å². The van der Waals surface area contributed by atoms with Crippen molar-refractivity contribution in [1.82, 2.24) is 0 Å². The zero-order valence-corrected chi connectivity index (χ0v) is 46.3. The van der Waals surface area contributed by atoms with Gasteiger partial charge in [0.2, 0.25) is 0 Å². The Labute approximate surface area is 454 Å². The molecule has 5 aliphatic rings. The van der Waals surface area contributed by atoms with Gasteiger partial charge >= 0.3 is 0 Å². The third-order valence-electron chi connectivity index (χ3n) is 17.8. The van der Waals surface area contributed by atoms with Gasteiger partial charge in [-0.15, -0.1) is 0 Å². The van der Waals surface area contributed by atoms with Crippen LogP contribution in [0.15, 0.2) is 170 Å². The van der Waals surface area contributed by atoms with Crippen molar-refractivity contribution in [3.05, 3.63) is 214 Å². The standard InChI is InChI=1S/C71H64BNO4/c1-67(2,3)44-28-25-41(26-29-44)46-36-45(68(4,5)6)30-32-55(46)73-56-40-63-51(70(9,10)48-20-14-18-24-60(48)76-63)37-53(56)72-54-39-62-52(71(11,12)49-21-15-17-23-59(49)75-62)38-64(54)77-65-35-43(33-57(73)66(65)72)42-27-31-50-61(34-42)74-58-22-16-13-19-47(58)69(50,7)8/h13-40H,1-12H3. The predicted molar refractivity (Wildman–Crippen MR) is 317 cm³/mol. The fourth-order valence-corrected chi connectivity index (χ4v) is 13.3. The monoisotopic (exact) mass is 1010 g/mol. The highest BCUT2D eigenvalue weighted by atomic mass is 16.5. The van der Waals surface area contributed by atoms with Crippen molar-refractivity contribution < 1.29 is 18.9 Å². The summed E-state index contributed by atoms with van der Waals surface area (Å²) in [6.07, 6.45) is 0.